The lowest BCUT2D eigenvalue weighted by molar-refractivity contribution is -0.119. The molecule has 2 aromatic rings. The fourth-order valence-corrected chi connectivity index (χ4v) is 2.14. The summed E-state index contributed by atoms with van der Waals surface area (Å²) in [5.41, 5.74) is 2.88. The van der Waals surface area contributed by atoms with Gasteiger partial charge in [-0.3, -0.25) is 4.79 Å². The summed E-state index contributed by atoms with van der Waals surface area (Å²) in [7, 11) is -3.14. The van der Waals surface area contributed by atoms with Crippen molar-refractivity contribution in [1.82, 2.24) is 5.43 Å². The van der Waals surface area contributed by atoms with Crippen molar-refractivity contribution in [3.8, 4) is 5.75 Å². The average Bonchev–Trinajstić information content (AvgIpc) is 3.02. The number of anilines is 1. The van der Waals surface area contributed by atoms with E-state index in [2.05, 4.69) is 15.8 Å². The van der Waals surface area contributed by atoms with Crippen LogP contribution in [-0.4, -0.2) is 38.7 Å². The highest BCUT2D eigenvalue weighted by Crippen LogP contribution is 2.22. The highest BCUT2D eigenvalue weighted by atomic mass is 32.2. The minimum atomic E-state index is -4.66. The van der Waals surface area contributed by atoms with Crippen molar-refractivity contribution in [2.75, 3.05) is 19.0 Å². The van der Waals surface area contributed by atoms with Crippen LogP contribution in [0.25, 0.3) is 0 Å². The third-order valence-corrected chi connectivity index (χ3v) is 3.49. The Hall–Kier alpha value is -2.85. The van der Waals surface area contributed by atoms with E-state index in [1.807, 2.05) is 0 Å². The Bertz CT molecular complexity index is 844. The van der Waals surface area contributed by atoms with Gasteiger partial charge >= 0.3 is 0 Å². The Morgan fingerprint density at radius 1 is 1.33 bits per heavy atom. The molecule has 0 bridgehead atoms. The van der Waals surface area contributed by atoms with Gasteiger partial charge in [-0.25, -0.2) is 13.8 Å². The Kier molecular flexibility index (Phi) is 5.55. The van der Waals surface area contributed by atoms with E-state index in [0.29, 0.717) is 11.4 Å². The Labute approximate surface area is 138 Å². The molecule has 0 saturated heterocycles. The second kappa shape index (κ2) is 7.62. The molecule has 0 spiro atoms. The van der Waals surface area contributed by atoms with Crippen LogP contribution in [0, 0.1) is 0 Å². The zero-order chi connectivity index (χ0) is 17.6. The summed E-state index contributed by atoms with van der Waals surface area (Å²) in [6, 6.07) is 9.34. The Balaban J connectivity index is 1.86. The molecule has 1 heterocycles. The maximum Gasteiger partial charge on any atom is 0.259 e. The summed E-state index contributed by atoms with van der Waals surface area (Å²) in [6.45, 7) is -0.0595. The summed E-state index contributed by atoms with van der Waals surface area (Å²) in [5.74, 6) is 0.165. The predicted octanol–water partition coefficient (Wildman–Crippen LogP) is 0.755. The fraction of sp³-hybridized carbons (Fsp3) is 0.143. The minimum Gasteiger partial charge on any atom is -0.742 e. The van der Waals surface area contributed by atoms with Crippen LogP contribution in [0.5, 0.6) is 5.75 Å². The SMILES string of the molecule is COc1ccccc1NCC(=O)N/N=C\c1ccc(S(=O)(=O)[O-])o1. The number of hydrazone groups is 1. The topological polar surface area (TPSA) is 133 Å². The number of rotatable bonds is 7. The van der Waals surface area contributed by atoms with Crippen molar-refractivity contribution in [2.45, 2.75) is 5.09 Å². The number of hydrogen-bond acceptors (Lipinski definition) is 8. The van der Waals surface area contributed by atoms with Crippen LogP contribution in [-0.2, 0) is 14.9 Å². The van der Waals surface area contributed by atoms with Crippen LogP contribution < -0.4 is 15.5 Å². The van der Waals surface area contributed by atoms with E-state index in [4.69, 9.17) is 9.15 Å². The number of hydrogen-bond donors (Lipinski definition) is 2. The summed E-state index contributed by atoms with van der Waals surface area (Å²) >= 11 is 0. The number of amides is 1. The number of methoxy groups -OCH3 is 1. The molecule has 1 aromatic heterocycles. The molecule has 2 N–H and O–H groups in total. The lowest BCUT2D eigenvalue weighted by Crippen LogP contribution is -2.26. The van der Waals surface area contributed by atoms with Gasteiger partial charge in [0.15, 0.2) is 10.1 Å². The van der Waals surface area contributed by atoms with Crippen molar-refractivity contribution >= 4 is 27.9 Å². The van der Waals surface area contributed by atoms with Gasteiger partial charge in [-0.1, -0.05) is 12.1 Å². The quantitative estimate of drug-likeness (QED) is 0.427. The van der Waals surface area contributed by atoms with Gasteiger partial charge in [0.25, 0.3) is 5.91 Å². The number of carbonyl (C=O) groups excluding carboxylic acids is 1. The van der Waals surface area contributed by atoms with Gasteiger partial charge in [-0.05, 0) is 24.3 Å². The molecule has 2 rings (SSSR count). The molecule has 0 fully saturated rings. The minimum absolute atomic E-state index is 0.0161. The van der Waals surface area contributed by atoms with E-state index in [1.165, 1.54) is 13.2 Å². The molecule has 9 nitrogen and oxygen atoms in total. The Morgan fingerprint density at radius 2 is 2.08 bits per heavy atom. The van der Waals surface area contributed by atoms with Crippen molar-refractivity contribution in [3.63, 3.8) is 0 Å². The van der Waals surface area contributed by atoms with Gasteiger partial charge in [0.2, 0.25) is 5.09 Å². The molecule has 10 heteroatoms. The second-order valence-electron chi connectivity index (χ2n) is 4.46. The van der Waals surface area contributed by atoms with Crippen LogP contribution in [0.3, 0.4) is 0 Å². The first-order valence-corrected chi connectivity index (χ1v) is 8.05. The first kappa shape index (κ1) is 17.5. The molecule has 0 unspecified atom stereocenters. The number of ether oxygens (including phenoxy) is 1. The maximum absolute atomic E-state index is 11.7. The predicted molar refractivity (Wildman–Crippen MR) is 83.9 cm³/mol. The van der Waals surface area contributed by atoms with E-state index < -0.39 is 21.1 Å². The molecular formula is C14H14N3O6S-. The molecule has 0 atom stereocenters. The van der Waals surface area contributed by atoms with Crippen LogP contribution in [0.1, 0.15) is 5.76 Å². The lowest BCUT2D eigenvalue weighted by Gasteiger charge is -2.09. The first-order chi connectivity index (χ1) is 11.4. The van der Waals surface area contributed by atoms with Gasteiger partial charge in [0.1, 0.15) is 11.5 Å². The van der Waals surface area contributed by atoms with Crippen molar-refractivity contribution < 1.29 is 26.9 Å². The largest absolute Gasteiger partial charge is 0.742 e. The molecule has 0 aliphatic heterocycles. The number of para-hydroxylation sites is 2. The molecular weight excluding hydrogens is 338 g/mol. The van der Waals surface area contributed by atoms with Gasteiger partial charge in [-0.2, -0.15) is 5.10 Å². The number of nitrogens with one attached hydrogen (secondary N) is 2. The molecule has 128 valence electrons. The standard InChI is InChI=1S/C14H15N3O6S/c1-22-12-5-3-2-4-11(12)15-9-13(18)17-16-8-10-6-7-14(23-10)24(19,20)21/h2-8,15H,9H2,1H3,(H,17,18)(H,19,20,21)/p-1/b16-8-. The van der Waals surface area contributed by atoms with E-state index in [-0.39, 0.29) is 12.3 Å². The number of nitrogens with zero attached hydrogens (tertiary/aromatic N) is 1. The van der Waals surface area contributed by atoms with Crippen molar-refractivity contribution in [3.05, 3.63) is 42.2 Å². The lowest BCUT2D eigenvalue weighted by atomic mass is 10.3. The van der Waals surface area contributed by atoms with Gasteiger partial charge in [0, 0.05) is 0 Å². The van der Waals surface area contributed by atoms with E-state index in [9.17, 15) is 17.8 Å². The first-order valence-electron chi connectivity index (χ1n) is 6.64. The maximum atomic E-state index is 11.7. The third-order valence-electron chi connectivity index (χ3n) is 2.78. The average molecular weight is 352 g/mol. The molecule has 24 heavy (non-hydrogen) atoms. The number of carbonyl (C=O) groups is 1. The second-order valence-corrected chi connectivity index (χ2v) is 5.77. The zero-order valence-corrected chi connectivity index (χ0v) is 13.4. The third kappa shape index (κ3) is 4.83. The van der Waals surface area contributed by atoms with E-state index in [1.54, 1.807) is 24.3 Å². The van der Waals surface area contributed by atoms with Crippen molar-refractivity contribution in [2.24, 2.45) is 5.10 Å². The number of benzene rings is 1. The fourth-order valence-electron chi connectivity index (χ4n) is 1.71. The zero-order valence-electron chi connectivity index (χ0n) is 12.6. The highest BCUT2D eigenvalue weighted by molar-refractivity contribution is 7.85. The number of furan rings is 1. The molecule has 1 amide bonds. The summed E-state index contributed by atoms with van der Waals surface area (Å²) in [5, 5.41) is 5.77. The summed E-state index contributed by atoms with van der Waals surface area (Å²) in [4.78, 5) is 11.7. The molecule has 0 saturated carbocycles. The highest BCUT2D eigenvalue weighted by Gasteiger charge is 2.07. The summed E-state index contributed by atoms with van der Waals surface area (Å²) < 4.78 is 42.0. The van der Waals surface area contributed by atoms with Crippen LogP contribution in [0.15, 0.2) is 51.0 Å². The van der Waals surface area contributed by atoms with Crippen molar-refractivity contribution in [1.29, 1.82) is 0 Å². The van der Waals surface area contributed by atoms with Crippen LogP contribution >= 0.6 is 0 Å². The van der Waals surface area contributed by atoms with Gasteiger partial charge < -0.3 is 19.0 Å². The molecule has 0 aliphatic rings. The van der Waals surface area contributed by atoms with E-state index >= 15 is 0 Å². The Morgan fingerprint density at radius 3 is 2.75 bits per heavy atom. The normalized spacial score (nSPS) is 11.4. The molecule has 0 radical (unpaired) electrons. The van der Waals surface area contributed by atoms with Gasteiger partial charge in [0.05, 0.1) is 25.6 Å². The molecule has 0 aliphatic carbocycles. The van der Waals surface area contributed by atoms with Gasteiger partial charge in [-0.15, -0.1) is 0 Å². The van der Waals surface area contributed by atoms with Crippen LogP contribution in [0.4, 0.5) is 5.69 Å². The molecule has 1 aromatic carbocycles. The van der Waals surface area contributed by atoms with Crippen LogP contribution in [0.2, 0.25) is 0 Å². The van der Waals surface area contributed by atoms with E-state index in [0.717, 1.165) is 12.3 Å². The summed E-state index contributed by atoms with van der Waals surface area (Å²) in [6.07, 6.45) is 1.08. The monoisotopic (exact) mass is 352 g/mol. The smallest absolute Gasteiger partial charge is 0.259 e.